The number of hydrogen-bond acceptors (Lipinski definition) is 3. The number of nitrogens with one attached hydrogen (secondary N) is 1. The summed E-state index contributed by atoms with van der Waals surface area (Å²) in [6.45, 7) is 4.53. The van der Waals surface area contributed by atoms with E-state index in [-0.39, 0.29) is 11.9 Å². The average Bonchev–Trinajstić information content (AvgIpc) is 2.67. The topological polar surface area (TPSA) is 72.9 Å². The normalized spacial score (nSPS) is 11.1. The molecule has 0 fully saturated rings. The van der Waals surface area contributed by atoms with Gasteiger partial charge in [0.05, 0.1) is 17.4 Å². The van der Waals surface area contributed by atoms with Gasteiger partial charge < -0.3 is 15.6 Å². The molecule has 0 radical (unpaired) electrons. The van der Waals surface area contributed by atoms with Gasteiger partial charge >= 0.3 is 0 Å². The number of aromatic nitrogens is 2. The first-order valence-electron chi connectivity index (χ1n) is 6.06. The first-order chi connectivity index (χ1) is 8.56. The standard InChI is InChI=1S/C13H18N4O/c1-9(2)16-13(18)5-6-17-8-15-11-7-10(14)3-4-12(11)17/h3-4,7-9H,5-6,14H2,1-2H3,(H,16,18). The van der Waals surface area contributed by atoms with Crippen LogP contribution in [0.15, 0.2) is 24.5 Å². The van der Waals surface area contributed by atoms with Crippen molar-refractivity contribution in [1.82, 2.24) is 14.9 Å². The van der Waals surface area contributed by atoms with Crippen molar-refractivity contribution < 1.29 is 4.79 Å². The fourth-order valence-electron chi connectivity index (χ4n) is 1.88. The molecule has 0 aliphatic carbocycles. The lowest BCUT2D eigenvalue weighted by Gasteiger charge is -2.08. The quantitative estimate of drug-likeness (QED) is 0.804. The second-order valence-corrected chi connectivity index (χ2v) is 4.66. The fourth-order valence-corrected chi connectivity index (χ4v) is 1.88. The molecule has 1 heterocycles. The summed E-state index contributed by atoms with van der Waals surface area (Å²) in [5, 5.41) is 2.87. The molecular weight excluding hydrogens is 228 g/mol. The predicted octanol–water partition coefficient (Wildman–Crippen LogP) is 1.53. The molecule has 0 unspecified atom stereocenters. The Kier molecular flexibility index (Phi) is 3.50. The van der Waals surface area contributed by atoms with Crippen molar-refractivity contribution in [3.63, 3.8) is 0 Å². The fraction of sp³-hybridized carbons (Fsp3) is 0.385. The summed E-state index contributed by atoms with van der Waals surface area (Å²) in [5.74, 6) is 0.0577. The maximum Gasteiger partial charge on any atom is 0.221 e. The highest BCUT2D eigenvalue weighted by Gasteiger charge is 2.06. The molecule has 3 N–H and O–H groups in total. The first-order valence-corrected chi connectivity index (χ1v) is 6.06. The molecule has 0 spiro atoms. The number of fused-ring (bicyclic) bond motifs is 1. The average molecular weight is 246 g/mol. The Labute approximate surface area is 106 Å². The monoisotopic (exact) mass is 246 g/mol. The minimum absolute atomic E-state index is 0.0577. The SMILES string of the molecule is CC(C)NC(=O)CCn1cnc2cc(N)ccc21. The van der Waals surface area contributed by atoms with Crippen LogP contribution < -0.4 is 11.1 Å². The zero-order chi connectivity index (χ0) is 13.1. The highest BCUT2D eigenvalue weighted by molar-refractivity contribution is 5.79. The first kappa shape index (κ1) is 12.4. The number of carbonyl (C=O) groups is 1. The summed E-state index contributed by atoms with van der Waals surface area (Å²) in [6, 6.07) is 5.78. The van der Waals surface area contributed by atoms with Gasteiger partial charge in [-0.2, -0.15) is 0 Å². The lowest BCUT2D eigenvalue weighted by atomic mass is 10.2. The smallest absolute Gasteiger partial charge is 0.221 e. The maximum absolute atomic E-state index is 11.6. The number of amides is 1. The molecule has 96 valence electrons. The number of nitrogens with two attached hydrogens (primary N) is 1. The Morgan fingerprint density at radius 2 is 2.28 bits per heavy atom. The van der Waals surface area contributed by atoms with Crippen molar-refractivity contribution in [2.24, 2.45) is 0 Å². The minimum Gasteiger partial charge on any atom is -0.399 e. The number of rotatable bonds is 4. The molecule has 1 aromatic heterocycles. The van der Waals surface area contributed by atoms with Crippen LogP contribution in [0.25, 0.3) is 11.0 Å². The molecule has 0 atom stereocenters. The van der Waals surface area contributed by atoms with Crippen LogP contribution in [0.1, 0.15) is 20.3 Å². The number of aryl methyl sites for hydroxylation is 1. The number of carbonyl (C=O) groups excluding carboxylic acids is 1. The van der Waals surface area contributed by atoms with E-state index < -0.39 is 0 Å². The van der Waals surface area contributed by atoms with Gasteiger partial charge in [-0.3, -0.25) is 4.79 Å². The zero-order valence-electron chi connectivity index (χ0n) is 10.7. The minimum atomic E-state index is 0.0577. The van der Waals surface area contributed by atoms with E-state index in [4.69, 9.17) is 5.73 Å². The Bertz CT molecular complexity index is 559. The van der Waals surface area contributed by atoms with E-state index in [2.05, 4.69) is 10.3 Å². The molecule has 2 aromatic rings. The van der Waals surface area contributed by atoms with Gasteiger partial charge in [-0.1, -0.05) is 0 Å². The molecule has 18 heavy (non-hydrogen) atoms. The maximum atomic E-state index is 11.6. The third-order valence-electron chi connectivity index (χ3n) is 2.67. The van der Waals surface area contributed by atoms with Crippen molar-refractivity contribution in [3.05, 3.63) is 24.5 Å². The van der Waals surface area contributed by atoms with Crippen LogP contribution in [0, 0.1) is 0 Å². The van der Waals surface area contributed by atoms with E-state index in [1.807, 2.05) is 36.6 Å². The molecule has 0 saturated heterocycles. The van der Waals surface area contributed by atoms with Gasteiger partial charge in [-0.15, -0.1) is 0 Å². The number of anilines is 1. The van der Waals surface area contributed by atoms with Gasteiger partial charge in [0.1, 0.15) is 0 Å². The van der Waals surface area contributed by atoms with Crippen LogP contribution in [0.2, 0.25) is 0 Å². The second-order valence-electron chi connectivity index (χ2n) is 4.66. The summed E-state index contributed by atoms with van der Waals surface area (Å²) < 4.78 is 1.97. The van der Waals surface area contributed by atoms with Crippen molar-refractivity contribution in [2.75, 3.05) is 5.73 Å². The molecule has 0 bridgehead atoms. The largest absolute Gasteiger partial charge is 0.399 e. The number of hydrogen-bond donors (Lipinski definition) is 2. The summed E-state index contributed by atoms with van der Waals surface area (Å²) >= 11 is 0. The van der Waals surface area contributed by atoms with Gasteiger partial charge in [-0.05, 0) is 32.0 Å². The van der Waals surface area contributed by atoms with Crippen LogP contribution in [-0.2, 0) is 11.3 Å². The Balaban J connectivity index is 2.06. The van der Waals surface area contributed by atoms with E-state index in [1.165, 1.54) is 0 Å². The van der Waals surface area contributed by atoms with E-state index in [0.717, 1.165) is 11.0 Å². The molecule has 0 aliphatic rings. The lowest BCUT2D eigenvalue weighted by Crippen LogP contribution is -2.30. The lowest BCUT2D eigenvalue weighted by molar-refractivity contribution is -0.121. The van der Waals surface area contributed by atoms with Crippen LogP contribution in [0.4, 0.5) is 5.69 Å². The van der Waals surface area contributed by atoms with Crippen molar-refractivity contribution in [3.8, 4) is 0 Å². The predicted molar refractivity (Wildman–Crippen MR) is 72.0 cm³/mol. The third kappa shape index (κ3) is 2.80. The van der Waals surface area contributed by atoms with Gasteiger partial charge in [0.2, 0.25) is 5.91 Å². The molecule has 1 amide bonds. The van der Waals surface area contributed by atoms with Crippen LogP contribution >= 0.6 is 0 Å². The van der Waals surface area contributed by atoms with Crippen molar-refractivity contribution >= 4 is 22.6 Å². The number of imidazole rings is 1. The van der Waals surface area contributed by atoms with Gasteiger partial charge in [0.15, 0.2) is 0 Å². The van der Waals surface area contributed by atoms with E-state index in [0.29, 0.717) is 18.7 Å². The van der Waals surface area contributed by atoms with E-state index >= 15 is 0 Å². The summed E-state index contributed by atoms with van der Waals surface area (Å²) in [7, 11) is 0. The second kappa shape index (κ2) is 5.08. The Morgan fingerprint density at radius 1 is 1.50 bits per heavy atom. The molecule has 5 nitrogen and oxygen atoms in total. The van der Waals surface area contributed by atoms with Crippen molar-refractivity contribution in [1.29, 1.82) is 0 Å². The number of nitrogen functional groups attached to an aromatic ring is 1. The summed E-state index contributed by atoms with van der Waals surface area (Å²) in [6.07, 6.45) is 2.20. The molecular formula is C13H18N4O. The summed E-state index contributed by atoms with van der Waals surface area (Å²) in [4.78, 5) is 15.8. The van der Waals surface area contributed by atoms with E-state index in [1.54, 1.807) is 6.33 Å². The highest BCUT2D eigenvalue weighted by Crippen LogP contribution is 2.16. The zero-order valence-corrected chi connectivity index (χ0v) is 10.7. The number of nitrogens with zero attached hydrogens (tertiary/aromatic N) is 2. The Morgan fingerprint density at radius 3 is 3.00 bits per heavy atom. The molecule has 0 saturated carbocycles. The highest BCUT2D eigenvalue weighted by atomic mass is 16.1. The third-order valence-corrected chi connectivity index (χ3v) is 2.67. The van der Waals surface area contributed by atoms with Gasteiger partial charge in [0, 0.05) is 24.7 Å². The van der Waals surface area contributed by atoms with E-state index in [9.17, 15) is 4.79 Å². The van der Waals surface area contributed by atoms with Crippen LogP contribution in [0.3, 0.4) is 0 Å². The van der Waals surface area contributed by atoms with Gasteiger partial charge in [-0.25, -0.2) is 4.98 Å². The van der Waals surface area contributed by atoms with Crippen LogP contribution in [-0.4, -0.2) is 21.5 Å². The number of benzene rings is 1. The molecule has 5 heteroatoms. The molecule has 1 aromatic carbocycles. The molecule has 2 rings (SSSR count). The van der Waals surface area contributed by atoms with Gasteiger partial charge in [0.25, 0.3) is 0 Å². The molecule has 0 aliphatic heterocycles. The summed E-state index contributed by atoms with van der Waals surface area (Å²) in [5.41, 5.74) is 8.26. The Hall–Kier alpha value is -2.04. The van der Waals surface area contributed by atoms with Crippen molar-refractivity contribution in [2.45, 2.75) is 32.9 Å². The van der Waals surface area contributed by atoms with Crippen LogP contribution in [0.5, 0.6) is 0 Å².